The first kappa shape index (κ1) is 14.3. The van der Waals surface area contributed by atoms with Crippen molar-refractivity contribution in [3.05, 3.63) is 59.4 Å². The Kier molecular flexibility index (Phi) is 3.43. The number of nitrogens with zero attached hydrogens (tertiary/aromatic N) is 5. The second-order valence-corrected chi connectivity index (χ2v) is 5.38. The van der Waals surface area contributed by atoms with Crippen LogP contribution in [0.1, 0.15) is 10.4 Å². The van der Waals surface area contributed by atoms with Crippen molar-refractivity contribution in [2.45, 2.75) is 0 Å². The third-order valence-corrected chi connectivity index (χ3v) is 3.76. The maximum atomic E-state index is 12.5. The van der Waals surface area contributed by atoms with Crippen LogP contribution >= 0.6 is 11.6 Å². The molecule has 9 heteroatoms. The maximum absolute atomic E-state index is 12.5. The van der Waals surface area contributed by atoms with Gasteiger partial charge >= 0.3 is 0 Å². The van der Waals surface area contributed by atoms with E-state index in [1.54, 1.807) is 18.2 Å². The number of carbonyl (C=O) groups is 1. The van der Waals surface area contributed by atoms with E-state index in [1.807, 2.05) is 24.3 Å². The minimum Gasteiger partial charge on any atom is -0.324 e. The summed E-state index contributed by atoms with van der Waals surface area (Å²) in [5.74, 6) is -0.0286. The molecule has 2 heterocycles. The Bertz CT molecular complexity index is 992. The van der Waals surface area contributed by atoms with E-state index in [4.69, 9.17) is 11.6 Å². The molecular formula is C15H10ClN7O. The Labute approximate surface area is 140 Å². The van der Waals surface area contributed by atoms with Crippen molar-refractivity contribution in [1.29, 1.82) is 0 Å². The molecule has 2 aromatic carbocycles. The van der Waals surface area contributed by atoms with Gasteiger partial charge in [-0.15, -0.1) is 5.10 Å². The number of nitrogens with one attached hydrogen (secondary N) is 2. The van der Waals surface area contributed by atoms with Gasteiger partial charge in [-0.2, -0.15) is 0 Å². The fourth-order valence-corrected chi connectivity index (χ4v) is 2.50. The monoisotopic (exact) mass is 339 g/mol. The van der Waals surface area contributed by atoms with Crippen LogP contribution in [0.5, 0.6) is 0 Å². The van der Waals surface area contributed by atoms with Gasteiger partial charge < -0.3 is 4.98 Å². The minimum atomic E-state index is -0.381. The second kappa shape index (κ2) is 5.74. The zero-order valence-corrected chi connectivity index (χ0v) is 12.9. The number of carbonyl (C=O) groups excluding carboxylic acids is 1. The number of fused-ring (bicyclic) bond motifs is 1. The molecule has 0 aliphatic carbocycles. The lowest BCUT2D eigenvalue weighted by molar-refractivity contribution is 0.102. The number of anilines is 1. The van der Waals surface area contributed by atoms with Crippen LogP contribution in [-0.2, 0) is 0 Å². The van der Waals surface area contributed by atoms with Crippen molar-refractivity contribution in [3.8, 4) is 5.69 Å². The summed E-state index contributed by atoms with van der Waals surface area (Å²) in [6.07, 6.45) is 1.43. The number of hydrogen-bond donors (Lipinski definition) is 2. The number of para-hydroxylation sites is 2. The van der Waals surface area contributed by atoms with E-state index < -0.39 is 0 Å². The average molecular weight is 340 g/mol. The predicted octanol–water partition coefficient (Wildman–Crippen LogP) is 2.44. The van der Waals surface area contributed by atoms with E-state index in [2.05, 4.69) is 30.8 Å². The summed E-state index contributed by atoms with van der Waals surface area (Å²) in [6.45, 7) is 0. The molecule has 2 N–H and O–H groups in total. The molecule has 2 aromatic heterocycles. The van der Waals surface area contributed by atoms with Gasteiger partial charge in [-0.3, -0.25) is 10.1 Å². The van der Waals surface area contributed by atoms with Crippen LogP contribution < -0.4 is 5.32 Å². The van der Waals surface area contributed by atoms with Gasteiger partial charge in [0, 0.05) is 0 Å². The number of H-pyrrole nitrogens is 1. The second-order valence-electron chi connectivity index (χ2n) is 4.98. The molecule has 4 aromatic rings. The third-order valence-electron chi connectivity index (χ3n) is 3.43. The number of hydrogen-bond acceptors (Lipinski definition) is 5. The zero-order valence-electron chi connectivity index (χ0n) is 12.1. The molecule has 0 fully saturated rings. The highest BCUT2D eigenvalue weighted by Gasteiger charge is 2.14. The predicted molar refractivity (Wildman–Crippen MR) is 88.2 cm³/mol. The van der Waals surface area contributed by atoms with Gasteiger partial charge in [0.1, 0.15) is 6.33 Å². The zero-order chi connectivity index (χ0) is 16.5. The highest BCUT2D eigenvalue weighted by molar-refractivity contribution is 6.34. The third kappa shape index (κ3) is 2.59. The molecule has 0 bridgehead atoms. The molecule has 0 saturated heterocycles. The van der Waals surface area contributed by atoms with Crippen LogP contribution in [0.2, 0.25) is 5.02 Å². The van der Waals surface area contributed by atoms with Gasteiger partial charge in [-0.25, -0.2) is 9.67 Å². The number of rotatable bonds is 3. The lowest BCUT2D eigenvalue weighted by Crippen LogP contribution is -2.14. The first-order valence-electron chi connectivity index (χ1n) is 7.00. The quantitative estimate of drug-likeness (QED) is 0.597. The Hall–Kier alpha value is -3.26. The molecule has 8 nitrogen and oxygen atoms in total. The summed E-state index contributed by atoms with van der Waals surface area (Å²) in [6, 6.07) is 12.4. The molecule has 0 spiro atoms. The summed E-state index contributed by atoms with van der Waals surface area (Å²) in [5, 5.41) is 14.0. The SMILES string of the molecule is O=C(Nc1nc2ccccc2[nH]1)c1cc(-n2cnnn2)ccc1Cl. The number of tetrazole rings is 1. The Balaban J connectivity index is 1.65. The molecule has 0 aliphatic heterocycles. The number of imidazole rings is 1. The normalized spacial score (nSPS) is 10.9. The molecule has 4 rings (SSSR count). The van der Waals surface area contributed by atoms with Crippen LogP contribution in [0.4, 0.5) is 5.95 Å². The van der Waals surface area contributed by atoms with Gasteiger partial charge in [0.15, 0.2) is 0 Å². The van der Waals surface area contributed by atoms with Crippen molar-refractivity contribution >= 4 is 34.5 Å². The van der Waals surface area contributed by atoms with Crippen LogP contribution in [0.3, 0.4) is 0 Å². The van der Waals surface area contributed by atoms with E-state index in [1.165, 1.54) is 11.0 Å². The lowest BCUT2D eigenvalue weighted by atomic mass is 10.2. The topological polar surface area (TPSA) is 101 Å². The van der Waals surface area contributed by atoms with E-state index >= 15 is 0 Å². The van der Waals surface area contributed by atoms with Crippen molar-refractivity contribution in [3.63, 3.8) is 0 Å². The fourth-order valence-electron chi connectivity index (χ4n) is 2.30. The molecule has 1 amide bonds. The molecule has 0 saturated carbocycles. The first-order chi connectivity index (χ1) is 11.7. The van der Waals surface area contributed by atoms with Gasteiger partial charge in [0.25, 0.3) is 5.91 Å². The Morgan fingerprint density at radius 3 is 2.88 bits per heavy atom. The number of aromatic nitrogens is 6. The smallest absolute Gasteiger partial charge is 0.259 e. The van der Waals surface area contributed by atoms with Crippen LogP contribution in [0.25, 0.3) is 16.7 Å². The van der Waals surface area contributed by atoms with Crippen LogP contribution in [-0.4, -0.2) is 36.1 Å². The van der Waals surface area contributed by atoms with E-state index in [-0.39, 0.29) is 5.91 Å². The van der Waals surface area contributed by atoms with Crippen molar-refractivity contribution in [1.82, 2.24) is 30.2 Å². The summed E-state index contributed by atoms with van der Waals surface area (Å²) < 4.78 is 1.44. The molecule has 0 radical (unpaired) electrons. The molecule has 118 valence electrons. The summed E-state index contributed by atoms with van der Waals surface area (Å²) in [7, 11) is 0. The van der Waals surface area contributed by atoms with Gasteiger partial charge in [0.2, 0.25) is 5.95 Å². The van der Waals surface area contributed by atoms with E-state index in [0.29, 0.717) is 22.2 Å². The largest absolute Gasteiger partial charge is 0.324 e. The van der Waals surface area contributed by atoms with Crippen molar-refractivity contribution < 1.29 is 4.79 Å². The highest BCUT2D eigenvalue weighted by Crippen LogP contribution is 2.21. The van der Waals surface area contributed by atoms with Gasteiger partial charge in [-0.1, -0.05) is 23.7 Å². The maximum Gasteiger partial charge on any atom is 0.259 e. The fraction of sp³-hybridized carbons (Fsp3) is 0. The average Bonchev–Trinajstić information content (AvgIpc) is 3.24. The standard InChI is InChI=1S/C15H10ClN7O/c16-11-6-5-9(23-8-17-21-22-23)7-10(11)14(24)20-15-18-12-3-1-2-4-13(12)19-15/h1-8H,(H2,18,19,20,24). The summed E-state index contributed by atoms with van der Waals surface area (Å²) in [4.78, 5) is 19.9. The molecule has 0 unspecified atom stereocenters. The number of amides is 1. The van der Waals surface area contributed by atoms with Gasteiger partial charge in [0.05, 0.1) is 27.3 Å². The molecule has 24 heavy (non-hydrogen) atoms. The molecule has 0 atom stereocenters. The van der Waals surface area contributed by atoms with E-state index in [9.17, 15) is 4.79 Å². The van der Waals surface area contributed by atoms with Crippen molar-refractivity contribution in [2.24, 2.45) is 0 Å². The van der Waals surface area contributed by atoms with Crippen LogP contribution in [0.15, 0.2) is 48.8 Å². The van der Waals surface area contributed by atoms with Crippen molar-refractivity contribution in [2.75, 3.05) is 5.32 Å². The van der Waals surface area contributed by atoms with E-state index in [0.717, 1.165) is 11.0 Å². The van der Waals surface area contributed by atoms with Gasteiger partial charge in [-0.05, 0) is 40.8 Å². The number of aromatic amines is 1. The minimum absolute atomic E-state index is 0.296. The number of benzene rings is 2. The Morgan fingerprint density at radius 1 is 1.21 bits per heavy atom. The molecule has 0 aliphatic rings. The molecular weight excluding hydrogens is 330 g/mol. The Morgan fingerprint density at radius 2 is 2.08 bits per heavy atom. The lowest BCUT2D eigenvalue weighted by Gasteiger charge is -2.06. The summed E-state index contributed by atoms with van der Waals surface area (Å²) >= 11 is 6.15. The van der Waals surface area contributed by atoms with Crippen LogP contribution in [0, 0.1) is 0 Å². The first-order valence-corrected chi connectivity index (χ1v) is 7.37. The summed E-state index contributed by atoms with van der Waals surface area (Å²) in [5.41, 5.74) is 2.52. The highest BCUT2D eigenvalue weighted by atomic mass is 35.5. The number of halogens is 1.